The quantitative estimate of drug-likeness (QED) is 0.501. The van der Waals surface area contributed by atoms with Gasteiger partial charge in [0.25, 0.3) is 0 Å². The molecule has 2 N–H and O–H groups in total. The van der Waals surface area contributed by atoms with Crippen LogP contribution in [0.15, 0.2) is 46.0 Å². The van der Waals surface area contributed by atoms with E-state index in [2.05, 4.69) is 26.5 Å². The molecule has 7 heteroatoms. The summed E-state index contributed by atoms with van der Waals surface area (Å²) in [4.78, 5) is 11.0. The smallest absolute Gasteiger partial charge is 0.335 e. The van der Waals surface area contributed by atoms with Gasteiger partial charge in [0, 0.05) is 0 Å². The fourth-order valence-electron chi connectivity index (χ4n) is 2.11. The summed E-state index contributed by atoms with van der Waals surface area (Å²) in [6.45, 7) is 4.87. The second-order valence-electron chi connectivity index (χ2n) is 4.95. The predicted octanol–water partition coefficient (Wildman–Crippen LogP) is 4.39. The van der Waals surface area contributed by atoms with Gasteiger partial charge in [-0.3, -0.25) is 5.43 Å². The zero-order valence-electron chi connectivity index (χ0n) is 14.0. The van der Waals surface area contributed by atoms with Crippen LogP contribution in [0.25, 0.3) is 0 Å². The number of hydrazone groups is 1. The van der Waals surface area contributed by atoms with Crippen LogP contribution in [-0.2, 0) is 0 Å². The van der Waals surface area contributed by atoms with Crippen molar-refractivity contribution < 1.29 is 19.4 Å². The Kier molecular flexibility index (Phi) is 6.82. The van der Waals surface area contributed by atoms with Crippen molar-refractivity contribution in [1.29, 1.82) is 0 Å². The number of carboxylic acid groups (broad SMARTS) is 1. The van der Waals surface area contributed by atoms with Crippen molar-refractivity contribution in [2.45, 2.75) is 13.8 Å². The molecule has 6 nitrogen and oxygen atoms in total. The summed E-state index contributed by atoms with van der Waals surface area (Å²) in [5, 5.41) is 13.1. The Bertz CT molecular complexity index is 778. The lowest BCUT2D eigenvalue weighted by Gasteiger charge is -2.13. The van der Waals surface area contributed by atoms with E-state index < -0.39 is 5.97 Å². The van der Waals surface area contributed by atoms with Crippen molar-refractivity contribution >= 4 is 33.8 Å². The molecule has 0 heterocycles. The normalized spacial score (nSPS) is 10.7. The third kappa shape index (κ3) is 5.22. The summed E-state index contributed by atoms with van der Waals surface area (Å²) < 4.78 is 12.0. The van der Waals surface area contributed by atoms with Gasteiger partial charge in [-0.05, 0) is 65.7 Å². The zero-order chi connectivity index (χ0) is 18.2. The number of benzene rings is 2. The monoisotopic (exact) mass is 406 g/mol. The second kappa shape index (κ2) is 9.08. The third-order valence-electron chi connectivity index (χ3n) is 3.14. The van der Waals surface area contributed by atoms with Crippen LogP contribution in [0.5, 0.6) is 11.5 Å². The first-order valence-corrected chi connectivity index (χ1v) is 8.56. The number of anilines is 1. The average molecular weight is 407 g/mol. The van der Waals surface area contributed by atoms with Gasteiger partial charge >= 0.3 is 5.97 Å². The van der Waals surface area contributed by atoms with E-state index in [0.29, 0.717) is 30.4 Å². The molecule has 0 amide bonds. The van der Waals surface area contributed by atoms with Gasteiger partial charge in [0.05, 0.1) is 35.2 Å². The number of carboxylic acids is 1. The van der Waals surface area contributed by atoms with Crippen molar-refractivity contribution in [2.75, 3.05) is 18.6 Å². The van der Waals surface area contributed by atoms with Crippen molar-refractivity contribution in [3.63, 3.8) is 0 Å². The molecule has 0 saturated carbocycles. The lowest BCUT2D eigenvalue weighted by molar-refractivity contribution is 0.0697. The molecule has 0 spiro atoms. The highest BCUT2D eigenvalue weighted by Gasteiger charge is 2.11. The first kappa shape index (κ1) is 18.8. The zero-order valence-corrected chi connectivity index (χ0v) is 15.5. The molecule has 0 aliphatic carbocycles. The summed E-state index contributed by atoms with van der Waals surface area (Å²) in [6, 6.07) is 10.1. The summed E-state index contributed by atoms with van der Waals surface area (Å²) in [5.74, 6) is 0.307. The largest absolute Gasteiger partial charge is 0.490 e. The molecular formula is C18H19BrN2O4. The van der Waals surface area contributed by atoms with Crippen LogP contribution in [0.3, 0.4) is 0 Å². The lowest BCUT2D eigenvalue weighted by atomic mass is 10.2. The van der Waals surface area contributed by atoms with Gasteiger partial charge in [0.1, 0.15) is 0 Å². The Hall–Kier alpha value is -2.54. The molecule has 0 aromatic heterocycles. The van der Waals surface area contributed by atoms with E-state index in [-0.39, 0.29) is 5.56 Å². The van der Waals surface area contributed by atoms with Crippen LogP contribution in [0.2, 0.25) is 0 Å². The Morgan fingerprint density at radius 3 is 2.68 bits per heavy atom. The van der Waals surface area contributed by atoms with Gasteiger partial charge in [-0.25, -0.2) is 4.79 Å². The van der Waals surface area contributed by atoms with E-state index in [1.165, 1.54) is 12.1 Å². The lowest BCUT2D eigenvalue weighted by Crippen LogP contribution is -2.01. The van der Waals surface area contributed by atoms with E-state index >= 15 is 0 Å². The van der Waals surface area contributed by atoms with Gasteiger partial charge in [0.2, 0.25) is 0 Å². The van der Waals surface area contributed by atoms with Crippen molar-refractivity contribution in [3.05, 3.63) is 52.0 Å². The second-order valence-corrected chi connectivity index (χ2v) is 5.81. The third-order valence-corrected chi connectivity index (χ3v) is 3.73. The molecular weight excluding hydrogens is 388 g/mol. The molecule has 0 radical (unpaired) electrons. The van der Waals surface area contributed by atoms with E-state index in [1.54, 1.807) is 18.3 Å². The summed E-state index contributed by atoms with van der Waals surface area (Å²) >= 11 is 3.48. The van der Waals surface area contributed by atoms with Crippen LogP contribution in [0.4, 0.5) is 5.69 Å². The minimum Gasteiger partial charge on any atom is -0.490 e. The molecule has 0 aliphatic heterocycles. The van der Waals surface area contributed by atoms with E-state index in [1.807, 2.05) is 26.0 Å². The van der Waals surface area contributed by atoms with Crippen LogP contribution >= 0.6 is 15.9 Å². The molecule has 0 unspecified atom stereocenters. The number of nitrogens with one attached hydrogen (secondary N) is 1. The summed E-state index contributed by atoms with van der Waals surface area (Å²) in [5.41, 5.74) is 4.41. The van der Waals surface area contributed by atoms with Gasteiger partial charge in [-0.2, -0.15) is 5.10 Å². The highest BCUT2D eigenvalue weighted by molar-refractivity contribution is 9.10. The van der Waals surface area contributed by atoms with Crippen molar-refractivity contribution in [3.8, 4) is 11.5 Å². The first-order chi connectivity index (χ1) is 12.0. The van der Waals surface area contributed by atoms with Gasteiger partial charge in [0.15, 0.2) is 11.5 Å². The van der Waals surface area contributed by atoms with Gasteiger partial charge < -0.3 is 14.6 Å². The SMILES string of the molecule is CCOc1cc(/C=N/Nc2cccc(C(=O)O)c2)cc(Br)c1OCC. The minimum atomic E-state index is -0.982. The predicted molar refractivity (Wildman–Crippen MR) is 101 cm³/mol. The molecule has 2 aromatic carbocycles. The molecule has 2 aromatic rings. The first-order valence-electron chi connectivity index (χ1n) is 7.76. The molecule has 2 rings (SSSR count). The molecule has 0 fully saturated rings. The Labute approximate surface area is 154 Å². The molecule has 132 valence electrons. The molecule has 0 bridgehead atoms. The van der Waals surface area contributed by atoms with Crippen LogP contribution in [0, 0.1) is 0 Å². The number of ether oxygens (including phenoxy) is 2. The van der Waals surface area contributed by atoms with Crippen LogP contribution < -0.4 is 14.9 Å². The Morgan fingerprint density at radius 2 is 2.00 bits per heavy atom. The number of hydrogen-bond donors (Lipinski definition) is 2. The van der Waals surface area contributed by atoms with Gasteiger partial charge in [-0.15, -0.1) is 0 Å². The maximum Gasteiger partial charge on any atom is 0.335 e. The fraction of sp³-hybridized carbons (Fsp3) is 0.222. The molecule has 0 atom stereocenters. The number of hydrogen-bond acceptors (Lipinski definition) is 5. The Balaban J connectivity index is 2.17. The minimum absolute atomic E-state index is 0.197. The standard InChI is InChI=1S/C18H19BrN2O4/c1-3-24-16-9-12(8-15(19)17(16)25-4-2)11-20-21-14-7-5-6-13(10-14)18(22)23/h5-11,21H,3-4H2,1-2H3,(H,22,23)/b20-11+. The molecule has 0 saturated heterocycles. The van der Waals surface area contributed by atoms with E-state index in [9.17, 15) is 4.79 Å². The highest BCUT2D eigenvalue weighted by Crippen LogP contribution is 2.36. The number of rotatable bonds is 8. The molecule has 25 heavy (non-hydrogen) atoms. The number of aromatic carboxylic acids is 1. The van der Waals surface area contributed by atoms with Crippen molar-refractivity contribution in [2.24, 2.45) is 5.10 Å². The number of nitrogens with zero attached hydrogens (tertiary/aromatic N) is 1. The summed E-state index contributed by atoms with van der Waals surface area (Å²) in [6.07, 6.45) is 1.62. The summed E-state index contributed by atoms with van der Waals surface area (Å²) in [7, 11) is 0. The maximum atomic E-state index is 11.0. The Morgan fingerprint density at radius 1 is 1.24 bits per heavy atom. The number of halogens is 1. The highest BCUT2D eigenvalue weighted by atomic mass is 79.9. The van der Waals surface area contributed by atoms with Gasteiger partial charge in [-0.1, -0.05) is 6.07 Å². The maximum absolute atomic E-state index is 11.0. The van der Waals surface area contributed by atoms with E-state index in [4.69, 9.17) is 14.6 Å². The average Bonchev–Trinajstić information content (AvgIpc) is 2.58. The number of carbonyl (C=O) groups is 1. The van der Waals surface area contributed by atoms with Crippen LogP contribution in [-0.4, -0.2) is 30.5 Å². The van der Waals surface area contributed by atoms with E-state index in [0.717, 1.165) is 10.0 Å². The van der Waals surface area contributed by atoms with Crippen molar-refractivity contribution in [1.82, 2.24) is 0 Å². The van der Waals surface area contributed by atoms with Crippen LogP contribution in [0.1, 0.15) is 29.8 Å². The fourth-order valence-corrected chi connectivity index (χ4v) is 2.69. The molecule has 0 aliphatic rings. The topological polar surface area (TPSA) is 80.2 Å².